The highest BCUT2D eigenvalue weighted by Crippen LogP contribution is 2.30. The van der Waals surface area contributed by atoms with Gasteiger partial charge in [-0.25, -0.2) is 4.79 Å². The topological polar surface area (TPSA) is 91.2 Å². The van der Waals surface area contributed by atoms with Crippen molar-refractivity contribution in [1.29, 1.82) is 0 Å². The molecule has 2 rings (SSSR count). The normalized spacial score (nSPS) is 19.9. The first-order chi connectivity index (χ1) is 8.66. The SMILES string of the molecule is NC(=O)NC(=O)CCN1CCC[C@H]1c1ccc[nH]1. The molecular weight excluding hydrogens is 232 g/mol. The van der Waals surface area contributed by atoms with E-state index in [9.17, 15) is 9.59 Å². The number of carbonyl (C=O) groups excluding carboxylic acids is 2. The van der Waals surface area contributed by atoms with Crippen LogP contribution in [0.1, 0.15) is 31.0 Å². The van der Waals surface area contributed by atoms with Crippen LogP contribution in [-0.2, 0) is 4.79 Å². The van der Waals surface area contributed by atoms with Crippen molar-refractivity contribution in [3.8, 4) is 0 Å². The van der Waals surface area contributed by atoms with Crippen molar-refractivity contribution in [3.63, 3.8) is 0 Å². The summed E-state index contributed by atoms with van der Waals surface area (Å²) in [5.74, 6) is -0.320. The molecule has 18 heavy (non-hydrogen) atoms. The Hall–Kier alpha value is -1.82. The zero-order chi connectivity index (χ0) is 13.0. The Balaban J connectivity index is 1.85. The fourth-order valence-corrected chi connectivity index (χ4v) is 2.44. The molecule has 0 spiro atoms. The quantitative estimate of drug-likeness (QED) is 0.736. The molecule has 3 amide bonds. The molecule has 0 bridgehead atoms. The van der Waals surface area contributed by atoms with E-state index in [1.165, 1.54) is 5.69 Å². The number of nitrogens with zero attached hydrogens (tertiary/aromatic N) is 1. The summed E-state index contributed by atoms with van der Waals surface area (Å²) in [6.45, 7) is 1.62. The third-order valence-electron chi connectivity index (χ3n) is 3.23. The van der Waals surface area contributed by atoms with Gasteiger partial charge in [-0.3, -0.25) is 15.0 Å². The summed E-state index contributed by atoms with van der Waals surface area (Å²) >= 11 is 0. The molecule has 2 heterocycles. The summed E-state index contributed by atoms with van der Waals surface area (Å²) in [5, 5.41) is 2.08. The number of likely N-dealkylation sites (tertiary alicyclic amines) is 1. The van der Waals surface area contributed by atoms with E-state index in [1.54, 1.807) is 0 Å². The molecule has 1 aromatic heterocycles. The third kappa shape index (κ3) is 3.10. The largest absolute Gasteiger partial charge is 0.364 e. The van der Waals surface area contributed by atoms with Gasteiger partial charge in [0, 0.05) is 30.9 Å². The monoisotopic (exact) mass is 250 g/mol. The lowest BCUT2D eigenvalue weighted by molar-refractivity contribution is -0.120. The van der Waals surface area contributed by atoms with Crippen LogP contribution in [0.4, 0.5) is 4.79 Å². The van der Waals surface area contributed by atoms with Gasteiger partial charge < -0.3 is 10.7 Å². The van der Waals surface area contributed by atoms with E-state index in [-0.39, 0.29) is 5.91 Å². The molecule has 0 saturated carbocycles. The average molecular weight is 250 g/mol. The van der Waals surface area contributed by atoms with Gasteiger partial charge in [0.1, 0.15) is 0 Å². The van der Waals surface area contributed by atoms with Gasteiger partial charge in [0.05, 0.1) is 0 Å². The molecular formula is C12H18N4O2. The van der Waals surface area contributed by atoms with Gasteiger partial charge >= 0.3 is 6.03 Å². The highest BCUT2D eigenvalue weighted by molar-refractivity contribution is 5.93. The standard InChI is InChI=1S/C12H18N4O2/c13-12(18)15-11(17)5-8-16-7-2-4-10(16)9-3-1-6-14-9/h1,3,6,10,14H,2,4-5,7-8H2,(H3,13,15,17,18)/t10-/m0/s1. The molecule has 1 aliphatic rings. The van der Waals surface area contributed by atoms with E-state index in [2.05, 4.69) is 21.3 Å². The number of nitrogens with one attached hydrogen (secondary N) is 2. The smallest absolute Gasteiger partial charge is 0.318 e. The molecule has 6 heteroatoms. The summed E-state index contributed by atoms with van der Waals surface area (Å²) in [5.41, 5.74) is 6.08. The number of nitrogens with two attached hydrogens (primary N) is 1. The second-order valence-corrected chi connectivity index (χ2v) is 4.48. The Morgan fingerprint density at radius 1 is 1.56 bits per heavy atom. The van der Waals surface area contributed by atoms with Crippen LogP contribution < -0.4 is 11.1 Å². The summed E-state index contributed by atoms with van der Waals surface area (Å²) < 4.78 is 0. The number of urea groups is 1. The number of aromatic nitrogens is 1. The average Bonchev–Trinajstić information content (AvgIpc) is 2.96. The number of H-pyrrole nitrogens is 1. The van der Waals surface area contributed by atoms with Gasteiger partial charge in [0.25, 0.3) is 0 Å². The minimum atomic E-state index is -0.790. The van der Waals surface area contributed by atoms with Crippen LogP contribution in [0.15, 0.2) is 18.3 Å². The van der Waals surface area contributed by atoms with Gasteiger partial charge in [0.15, 0.2) is 0 Å². The molecule has 1 aromatic rings. The van der Waals surface area contributed by atoms with Crippen molar-refractivity contribution >= 4 is 11.9 Å². The molecule has 0 radical (unpaired) electrons. The van der Waals surface area contributed by atoms with Crippen LogP contribution in [0.5, 0.6) is 0 Å². The minimum Gasteiger partial charge on any atom is -0.364 e. The molecule has 0 unspecified atom stereocenters. The number of aromatic amines is 1. The summed E-state index contributed by atoms with van der Waals surface area (Å²) in [6.07, 6.45) is 4.42. The van der Waals surface area contributed by atoms with Gasteiger partial charge in [-0.15, -0.1) is 0 Å². The number of rotatable bonds is 4. The molecule has 6 nitrogen and oxygen atoms in total. The van der Waals surface area contributed by atoms with Crippen LogP contribution in [0.25, 0.3) is 0 Å². The van der Waals surface area contributed by atoms with Crippen LogP contribution in [0.2, 0.25) is 0 Å². The van der Waals surface area contributed by atoms with Crippen LogP contribution in [-0.4, -0.2) is 34.9 Å². The van der Waals surface area contributed by atoms with Crippen LogP contribution >= 0.6 is 0 Å². The number of primary amides is 1. The fourth-order valence-electron chi connectivity index (χ4n) is 2.44. The van der Waals surface area contributed by atoms with Gasteiger partial charge in [0.2, 0.25) is 5.91 Å². The number of imide groups is 1. The van der Waals surface area contributed by atoms with Crippen molar-refractivity contribution in [3.05, 3.63) is 24.0 Å². The summed E-state index contributed by atoms with van der Waals surface area (Å²) in [6, 6.07) is 3.60. The number of carbonyl (C=O) groups is 2. The first-order valence-corrected chi connectivity index (χ1v) is 6.13. The van der Waals surface area contributed by atoms with Crippen molar-refractivity contribution in [1.82, 2.24) is 15.2 Å². The third-order valence-corrected chi connectivity index (χ3v) is 3.23. The Kier molecular flexibility index (Phi) is 3.99. The molecule has 0 aromatic carbocycles. The van der Waals surface area contributed by atoms with Crippen molar-refractivity contribution in [2.24, 2.45) is 5.73 Å². The maximum Gasteiger partial charge on any atom is 0.318 e. The Morgan fingerprint density at radius 3 is 3.06 bits per heavy atom. The lowest BCUT2D eigenvalue weighted by Gasteiger charge is -2.23. The number of hydrogen-bond acceptors (Lipinski definition) is 3. The van der Waals surface area contributed by atoms with Crippen LogP contribution in [0.3, 0.4) is 0 Å². The molecule has 0 aliphatic carbocycles. The number of hydrogen-bond donors (Lipinski definition) is 3. The van der Waals surface area contributed by atoms with Crippen molar-refractivity contribution < 1.29 is 9.59 Å². The fraction of sp³-hybridized carbons (Fsp3) is 0.500. The van der Waals surface area contributed by atoms with E-state index in [1.807, 2.05) is 12.3 Å². The van der Waals surface area contributed by atoms with Crippen molar-refractivity contribution in [2.75, 3.05) is 13.1 Å². The number of amides is 3. The second kappa shape index (κ2) is 5.68. The summed E-state index contributed by atoms with van der Waals surface area (Å²) in [7, 11) is 0. The molecule has 4 N–H and O–H groups in total. The predicted molar refractivity (Wildman–Crippen MR) is 66.7 cm³/mol. The lowest BCUT2D eigenvalue weighted by atomic mass is 10.1. The van der Waals surface area contributed by atoms with Crippen molar-refractivity contribution in [2.45, 2.75) is 25.3 Å². The maximum atomic E-state index is 11.4. The van der Waals surface area contributed by atoms with Gasteiger partial charge in [-0.1, -0.05) is 0 Å². The molecule has 1 saturated heterocycles. The molecule has 98 valence electrons. The first-order valence-electron chi connectivity index (χ1n) is 6.13. The van der Waals surface area contributed by atoms with E-state index in [0.717, 1.165) is 19.4 Å². The predicted octanol–water partition coefficient (Wildman–Crippen LogP) is 0.737. The highest BCUT2D eigenvalue weighted by atomic mass is 16.2. The molecule has 1 fully saturated rings. The van der Waals surface area contributed by atoms with Crippen LogP contribution in [0, 0.1) is 0 Å². The van der Waals surface area contributed by atoms with Gasteiger partial charge in [-0.05, 0) is 31.5 Å². The zero-order valence-electron chi connectivity index (χ0n) is 10.2. The van der Waals surface area contributed by atoms with E-state index < -0.39 is 6.03 Å². The summed E-state index contributed by atoms with van der Waals surface area (Å²) in [4.78, 5) is 27.4. The van der Waals surface area contributed by atoms with Gasteiger partial charge in [-0.2, -0.15) is 0 Å². The molecule has 1 aliphatic heterocycles. The van der Waals surface area contributed by atoms with E-state index in [4.69, 9.17) is 5.73 Å². The van der Waals surface area contributed by atoms with E-state index in [0.29, 0.717) is 19.0 Å². The minimum absolute atomic E-state index is 0.292. The lowest BCUT2D eigenvalue weighted by Crippen LogP contribution is -2.37. The Morgan fingerprint density at radius 2 is 2.39 bits per heavy atom. The maximum absolute atomic E-state index is 11.4. The second-order valence-electron chi connectivity index (χ2n) is 4.48. The first kappa shape index (κ1) is 12.6. The highest BCUT2D eigenvalue weighted by Gasteiger charge is 2.26. The zero-order valence-corrected chi connectivity index (χ0v) is 10.2. The molecule has 1 atom stereocenters. The Labute approximate surface area is 106 Å². The van der Waals surface area contributed by atoms with E-state index >= 15 is 0 Å². The Bertz CT molecular complexity index is 416.